The van der Waals surface area contributed by atoms with Gasteiger partial charge in [0.1, 0.15) is 5.75 Å². The van der Waals surface area contributed by atoms with E-state index in [4.69, 9.17) is 4.74 Å². The number of aryl methyl sites for hydroxylation is 1. The first kappa shape index (κ1) is 26.5. The molecule has 0 aromatic heterocycles. The molecular weight excluding hydrogens is 504 g/mol. The van der Waals surface area contributed by atoms with Gasteiger partial charge in [0.05, 0.1) is 17.7 Å². The SMILES string of the molecule is COc1ccccc1N1CCN(C(=O)C2CCN(S(=O)(=O)c3ccc4c(c3)CCCN4C(C)=O)CC2)CC1. The Morgan fingerprint density at radius 2 is 1.61 bits per heavy atom. The number of carbonyl (C=O) groups is 2. The van der Waals surface area contributed by atoms with E-state index in [0.717, 1.165) is 48.6 Å². The molecule has 2 fully saturated rings. The van der Waals surface area contributed by atoms with E-state index >= 15 is 0 Å². The average Bonchev–Trinajstić information content (AvgIpc) is 2.96. The second-order valence-corrected chi connectivity index (χ2v) is 12.2. The number of para-hydroxylation sites is 2. The van der Waals surface area contributed by atoms with Crippen molar-refractivity contribution in [3.05, 3.63) is 48.0 Å². The van der Waals surface area contributed by atoms with Crippen LogP contribution < -0.4 is 14.5 Å². The maximum atomic E-state index is 13.4. The van der Waals surface area contributed by atoms with Gasteiger partial charge in [-0.2, -0.15) is 4.31 Å². The topological polar surface area (TPSA) is 90.5 Å². The van der Waals surface area contributed by atoms with Gasteiger partial charge >= 0.3 is 0 Å². The van der Waals surface area contributed by atoms with Gasteiger partial charge in [-0.3, -0.25) is 9.59 Å². The molecule has 0 radical (unpaired) electrons. The zero-order valence-corrected chi connectivity index (χ0v) is 23.0. The standard InChI is InChI=1S/C28H36N4O5S/c1-21(33)32-13-5-6-23-20-24(9-10-25(23)32)38(35,36)31-14-11-22(12-15-31)28(34)30-18-16-29(17-19-30)26-7-3-4-8-27(26)37-2/h3-4,7-10,20,22H,5-6,11-19H2,1-2H3. The van der Waals surface area contributed by atoms with E-state index in [2.05, 4.69) is 4.90 Å². The minimum absolute atomic E-state index is 0.0329. The predicted molar refractivity (Wildman–Crippen MR) is 146 cm³/mol. The zero-order chi connectivity index (χ0) is 26.9. The van der Waals surface area contributed by atoms with E-state index in [9.17, 15) is 18.0 Å². The molecule has 3 aliphatic rings. The lowest BCUT2D eigenvalue weighted by Gasteiger charge is -2.39. The highest BCUT2D eigenvalue weighted by Crippen LogP contribution is 2.33. The lowest BCUT2D eigenvalue weighted by atomic mass is 9.96. The largest absolute Gasteiger partial charge is 0.495 e. The normalized spacial score (nSPS) is 19.3. The van der Waals surface area contributed by atoms with E-state index in [-0.39, 0.29) is 22.6 Å². The Hall–Kier alpha value is -3.11. The molecule has 0 aliphatic carbocycles. The molecule has 3 heterocycles. The van der Waals surface area contributed by atoms with Gasteiger partial charge in [-0.25, -0.2) is 8.42 Å². The molecule has 2 amide bonds. The summed E-state index contributed by atoms with van der Waals surface area (Å²) in [6, 6.07) is 13.0. The number of nitrogens with zero attached hydrogens (tertiary/aromatic N) is 4. The number of piperidine rings is 1. The molecule has 0 saturated carbocycles. The Balaban J connectivity index is 1.18. The van der Waals surface area contributed by atoms with Crippen LogP contribution in [0, 0.1) is 5.92 Å². The van der Waals surface area contributed by atoms with Gasteiger partial charge in [-0.05, 0) is 61.6 Å². The average molecular weight is 541 g/mol. The van der Waals surface area contributed by atoms with Crippen LogP contribution >= 0.6 is 0 Å². The smallest absolute Gasteiger partial charge is 0.243 e. The summed E-state index contributed by atoms with van der Waals surface area (Å²) in [5, 5.41) is 0. The number of anilines is 2. The summed E-state index contributed by atoms with van der Waals surface area (Å²) >= 11 is 0. The van der Waals surface area contributed by atoms with E-state index < -0.39 is 10.0 Å². The van der Waals surface area contributed by atoms with Gasteiger partial charge in [0.25, 0.3) is 0 Å². The Morgan fingerprint density at radius 3 is 2.29 bits per heavy atom. The van der Waals surface area contributed by atoms with Crippen LogP contribution in [0.25, 0.3) is 0 Å². The van der Waals surface area contributed by atoms with Crippen LogP contribution in [-0.4, -0.2) is 82.4 Å². The fourth-order valence-electron chi connectivity index (χ4n) is 5.87. The highest BCUT2D eigenvalue weighted by molar-refractivity contribution is 7.89. The van der Waals surface area contributed by atoms with Crippen molar-refractivity contribution in [3.8, 4) is 5.75 Å². The molecule has 0 unspecified atom stereocenters. The van der Waals surface area contributed by atoms with Crippen LogP contribution in [0.15, 0.2) is 47.4 Å². The van der Waals surface area contributed by atoms with E-state index in [1.807, 2.05) is 29.2 Å². The number of hydrogen-bond acceptors (Lipinski definition) is 6. The number of amides is 2. The van der Waals surface area contributed by atoms with Gasteiger partial charge in [0, 0.05) is 64.3 Å². The molecule has 38 heavy (non-hydrogen) atoms. The number of fused-ring (bicyclic) bond motifs is 1. The van der Waals surface area contributed by atoms with Gasteiger partial charge in [-0.1, -0.05) is 12.1 Å². The monoisotopic (exact) mass is 540 g/mol. The minimum Gasteiger partial charge on any atom is -0.495 e. The first-order valence-electron chi connectivity index (χ1n) is 13.4. The quantitative estimate of drug-likeness (QED) is 0.580. The van der Waals surface area contributed by atoms with Crippen molar-refractivity contribution in [2.45, 2.75) is 37.5 Å². The highest BCUT2D eigenvalue weighted by atomic mass is 32.2. The van der Waals surface area contributed by atoms with Gasteiger partial charge in [0.2, 0.25) is 21.8 Å². The van der Waals surface area contributed by atoms with Crippen molar-refractivity contribution < 1.29 is 22.7 Å². The summed E-state index contributed by atoms with van der Waals surface area (Å²) in [5.41, 5.74) is 2.74. The number of methoxy groups -OCH3 is 1. The molecule has 0 N–H and O–H groups in total. The zero-order valence-electron chi connectivity index (χ0n) is 22.1. The second kappa shape index (κ2) is 10.9. The Bertz CT molecular complexity index is 1300. The molecule has 2 aromatic rings. The van der Waals surface area contributed by atoms with Crippen molar-refractivity contribution in [2.24, 2.45) is 5.92 Å². The van der Waals surface area contributed by atoms with Gasteiger partial charge in [0.15, 0.2) is 0 Å². The Morgan fingerprint density at radius 1 is 0.895 bits per heavy atom. The maximum Gasteiger partial charge on any atom is 0.243 e. The molecule has 9 nitrogen and oxygen atoms in total. The predicted octanol–water partition coefficient (Wildman–Crippen LogP) is 2.74. The first-order valence-corrected chi connectivity index (χ1v) is 14.8. The van der Waals surface area contributed by atoms with Crippen LogP contribution in [0.3, 0.4) is 0 Å². The third-order valence-electron chi connectivity index (χ3n) is 8.01. The number of carbonyl (C=O) groups excluding carboxylic acids is 2. The van der Waals surface area contributed by atoms with E-state index in [1.165, 1.54) is 11.2 Å². The second-order valence-electron chi connectivity index (χ2n) is 10.2. The number of ether oxygens (including phenoxy) is 1. The van der Waals surface area contributed by atoms with Crippen LogP contribution in [0.5, 0.6) is 5.75 Å². The van der Waals surface area contributed by atoms with E-state index in [1.54, 1.807) is 30.2 Å². The third kappa shape index (κ3) is 5.11. The summed E-state index contributed by atoms with van der Waals surface area (Å²) in [6.45, 7) is 5.60. The number of piperazine rings is 1. The Labute approximate surface area is 225 Å². The fourth-order valence-corrected chi connectivity index (χ4v) is 7.39. The maximum absolute atomic E-state index is 13.4. The number of hydrogen-bond donors (Lipinski definition) is 0. The fraction of sp³-hybridized carbons (Fsp3) is 0.500. The van der Waals surface area contributed by atoms with Gasteiger partial charge in [-0.15, -0.1) is 0 Å². The molecule has 0 spiro atoms. The van der Waals surface area contributed by atoms with Crippen molar-refractivity contribution in [1.82, 2.24) is 9.21 Å². The molecule has 204 valence electrons. The van der Waals surface area contributed by atoms with Crippen molar-refractivity contribution >= 4 is 33.2 Å². The summed E-state index contributed by atoms with van der Waals surface area (Å²) in [6.07, 6.45) is 2.61. The molecule has 3 aliphatic heterocycles. The third-order valence-corrected chi connectivity index (χ3v) is 9.90. The molecule has 0 atom stereocenters. The van der Waals surface area contributed by atoms with Crippen LogP contribution in [-0.2, 0) is 26.0 Å². The molecule has 5 rings (SSSR count). The Kier molecular flexibility index (Phi) is 7.63. The molecule has 2 aromatic carbocycles. The molecule has 0 bridgehead atoms. The van der Waals surface area contributed by atoms with Crippen molar-refractivity contribution in [1.29, 1.82) is 0 Å². The minimum atomic E-state index is -3.67. The van der Waals surface area contributed by atoms with Gasteiger partial charge < -0.3 is 19.4 Å². The number of rotatable bonds is 5. The molecule has 10 heteroatoms. The van der Waals surface area contributed by atoms with Crippen LogP contribution in [0.4, 0.5) is 11.4 Å². The molecular formula is C28H36N4O5S. The number of sulfonamides is 1. The summed E-state index contributed by atoms with van der Waals surface area (Å²) in [4.78, 5) is 31.4. The summed E-state index contributed by atoms with van der Waals surface area (Å²) in [7, 11) is -2.00. The van der Waals surface area contributed by atoms with Crippen LogP contribution in [0.1, 0.15) is 31.7 Å². The first-order chi connectivity index (χ1) is 18.3. The summed E-state index contributed by atoms with van der Waals surface area (Å²) in [5.74, 6) is 0.761. The van der Waals surface area contributed by atoms with E-state index in [0.29, 0.717) is 45.6 Å². The molecule has 2 saturated heterocycles. The number of benzene rings is 2. The highest BCUT2D eigenvalue weighted by Gasteiger charge is 2.35. The van der Waals surface area contributed by atoms with Crippen molar-refractivity contribution in [3.63, 3.8) is 0 Å². The summed E-state index contributed by atoms with van der Waals surface area (Å²) < 4.78 is 33.8. The lowest BCUT2D eigenvalue weighted by Crippen LogP contribution is -2.52. The van der Waals surface area contributed by atoms with Crippen molar-refractivity contribution in [2.75, 3.05) is 62.7 Å². The van der Waals surface area contributed by atoms with Crippen LogP contribution in [0.2, 0.25) is 0 Å². The lowest BCUT2D eigenvalue weighted by molar-refractivity contribution is -0.137.